The van der Waals surface area contributed by atoms with Crippen molar-refractivity contribution < 1.29 is 9.21 Å². The lowest BCUT2D eigenvalue weighted by Gasteiger charge is -2.22. The summed E-state index contributed by atoms with van der Waals surface area (Å²) in [5.74, 6) is 1.43. The molecule has 0 aliphatic heterocycles. The zero-order chi connectivity index (χ0) is 14.0. The third kappa shape index (κ3) is 2.55. The Kier molecular flexibility index (Phi) is 3.74. The smallest absolute Gasteiger partial charge is 0.261 e. The molecule has 3 heteroatoms. The van der Waals surface area contributed by atoms with E-state index in [1.165, 1.54) is 0 Å². The number of amides is 1. The number of rotatable bonds is 3. The minimum atomic E-state index is -0.00819. The van der Waals surface area contributed by atoms with Gasteiger partial charge in [0.05, 0.1) is 5.56 Å². The lowest BCUT2D eigenvalue weighted by molar-refractivity contribution is 0.0986. The summed E-state index contributed by atoms with van der Waals surface area (Å²) in [5.41, 5.74) is 2.69. The lowest BCUT2D eigenvalue weighted by atomic mass is 10.1. The Morgan fingerprint density at radius 1 is 1.21 bits per heavy atom. The van der Waals surface area contributed by atoms with Gasteiger partial charge >= 0.3 is 0 Å². The second-order valence-electron chi connectivity index (χ2n) is 4.66. The molecule has 0 saturated carbocycles. The first-order chi connectivity index (χ1) is 9.04. The standard InChI is InChI=1S/C16H19NO2/c1-5-17(15-9-7-6-8-11(15)2)16(18)14-10-12(3)19-13(14)4/h6-10H,5H2,1-4H3. The molecule has 0 atom stereocenters. The molecule has 100 valence electrons. The van der Waals surface area contributed by atoms with Gasteiger partial charge in [0.25, 0.3) is 5.91 Å². The Hall–Kier alpha value is -2.03. The molecule has 0 N–H and O–H groups in total. The Morgan fingerprint density at radius 3 is 2.42 bits per heavy atom. The van der Waals surface area contributed by atoms with Gasteiger partial charge in [0.2, 0.25) is 0 Å². The van der Waals surface area contributed by atoms with Crippen molar-refractivity contribution in [3.05, 3.63) is 53.0 Å². The highest BCUT2D eigenvalue weighted by atomic mass is 16.3. The van der Waals surface area contributed by atoms with Crippen molar-refractivity contribution in [1.82, 2.24) is 0 Å². The average molecular weight is 257 g/mol. The molecule has 0 fully saturated rings. The van der Waals surface area contributed by atoms with Crippen LogP contribution in [0.4, 0.5) is 5.69 Å². The number of carbonyl (C=O) groups is 1. The lowest BCUT2D eigenvalue weighted by Crippen LogP contribution is -2.31. The van der Waals surface area contributed by atoms with Gasteiger partial charge in [-0.15, -0.1) is 0 Å². The summed E-state index contributed by atoms with van der Waals surface area (Å²) in [4.78, 5) is 14.4. The number of anilines is 1. The van der Waals surface area contributed by atoms with E-state index in [2.05, 4.69) is 0 Å². The number of para-hydroxylation sites is 1. The van der Waals surface area contributed by atoms with Crippen LogP contribution in [0, 0.1) is 20.8 Å². The van der Waals surface area contributed by atoms with Gasteiger partial charge in [0.15, 0.2) is 0 Å². The van der Waals surface area contributed by atoms with Crippen LogP contribution in [0.5, 0.6) is 0 Å². The number of carbonyl (C=O) groups excluding carboxylic acids is 1. The quantitative estimate of drug-likeness (QED) is 0.836. The van der Waals surface area contributed by atoms with Crippen molar-refractivity contribution in [3.8, 4) is 0 Å². The molecular formula is C16H19NO2. The summed E-state index contributed by atoms with van der Waals surface area (Å²) in [5, 5.41) is 0. The highest BCUT2D eigenvalue weighted by Gasteiger charge is 2.21. The second kappa shape index (κ2) is 5.31. The van der Waals surface area contributed by atoms with Gasteiger partial charge in [-0.3, -0.25) is 4.79 Å². The molecule has 1 heterocycles. The SMILES string of the molecule is CCN(C(=O)c1cc(C)oc1C)c1ccccc1C. The highest BCUT2D eigenvalue weighted by Crippen LogP contribution is 2.23. The fourth-order valence-electron chi connectivity index (χ4n) is 2.28. The molecule has 1 aromatic heterocycles. The predicted molar refractivity (Wildman–Crippen MR) is 76.7 cm³/mol. The van der Waals surface area contributed by atoms with Gasteiger partial charge in [0.1, 0.15) is 11.5 Å². The maximum Gasteiger partial charge on any atom is 0.261 e. The molecule has 1 aromatic carbocycles. The van der Waals surface area contributed by atoms with Crippen molar-refractivity contribution in [3.63, 3.8) is 0 Å². The Bertz CT molecular complexity index is 599. The van der Waals surface area contributed by atoms with Gasteiger partial charge in [0, 0.05) is 12.2 Å². The molecule has 0 spiro atoms. The van der Waals surface area contributed by atoms with Gasteiger partial charge in [-0.2, -0.15) is 0 Å². The maximum atomic E-state index is 12.6. The van der Waals surface area contributed by atoms with E-state index in [9.17, 15) is 4.79 Å². The molecule has 2 rings (SSSR count). The normalized spacial score (nSPS) is 10.5. The van der Waals surface area contributed by atoms with E-state index >= 15 is 0 Å². The van der Waals surface area contributed by atoms with Crippen molar-refractivity contribution >= 4 is 11.6 Å². The first-order valence-electron chi connectivity index (χ1n) is 6.49. The summed E-state index contributed by atoms with van der Waals surface area (Å²) in [6.45, 7) is 8.30. The Balaban J connectivity index is 2.41. The summed E-state index contributed by atoms with van der Waals surface area (Å²) in [6.07, 6.45) is 0. The van der Waals surface area contributed by atoms with Crippen molar-refractivity contribution in [2.45, 2.75) is 27.7 Å². The first-order valence-corrected chi connectivity index (χ1v) is 6.49. The van der Waals surface area contributed by atoms with Crippen LogP contribution in [0.1, 0.15) is 34.4 Å². The van der Waals surface area contributed by atoms with Crippen LogP contribution in [0.3, 0.4) is 0 Å². The van der Waals surface area contributed by atoms with E-state index in [1.807, 2.05) is 52.0 Å². The third-order valence-electron chi connectivity index (χ3n) is 3.24. The zero-order valence-electron chi connectivity index (χ0n) is 11.9. The molecule has 2 aromatic rings. The fourth-order valence-corrected chi connectivity index (χ4v) is 2.28. The monoisotopic (exact) mass is 257 g/mol. The molecule has 19 heavy (non-hydrogen) atoms. The molecule has 0 aliphatic carbocycles. The van der Waals surface area contributed by atoms with E-state index in [1.54, 1.807) is 11.0 Å². The summed E-state index contributed by atoms with van der Waals surface area (Å²) >= 11 is 0. The average Bonchev–Trinajstić information content (AvgIpc) is 2.71. The van der Waals surface area contributed by atoms with Gasteiger partial charge in [-0.1, -0.05) is 18.2 Å². The number of benzene rings is 1. The summed E-state index contributed by atoms with van der Waals surface area (Å²) in [7, 11) is 0. The minimum absolute atomic E-state index is 0.00819. The van der Waals surface area contributed by atoms with Crippen molar-refractivity contribution in [2.75, 3.05) is 11.4 Å². The first kappa shape index (κ1) is 13.4. The minimum Gasteiger partial charge on any atom is -0.466 e. The van der Waals surface area contributed by atoms with E-state index in [-0.39, 0.29) is 5.91 Å². The maximum absolute atomic E-state index is 12.6. The van der Waals surface area contributed by atoms with Gasteiger partial charge in [-0.05, 0) is 45.4 Å². The van der Waals surface area contributed by atoms with Gasteiger partial charge in [-0.25, -0.2) is 0 Å². The number of hydrogen-bond acceptors (Lipinski definition) is 2. The molecule has 0 unspecified atom stereocenters. The molecular weight excluding hydrogens is 238 g/mol. The number of furan rings is 1. The van der Waals surface area contributed by atoms with Crippen molar-refractivity contribution in [1.29, 1.82) is 0 Å². The van der Waals surface area contributed by atoms with E-state index < -0.39 is 0 Å². The largest absolute Gasteiger partial charge is 0.466 e. The highest BCUT2D eigenvalue weighted by molar-refractivity contribution is 6.07. The van der Waals surface area contributed by atoms with E-state index in [0.29, 0.717) is 17.9 Å². The van der Waals surface area contributed by atoms with Gasteiger partial charge < -0.3 is 9.32 Å². The second-order valence-corrected chi connectivity index (χ2v) is 4.66. The summed E-state index contributed by atoms with van der Waals surface area (Å²) < 4.78 is 5.45. The Morgan fingerprint density at radius 2 is 1.89 bits per heavy atom. The van der Waals surface area contributed by atoms with Crippen LogP contribution in [-0.4, -0.2) is 12.5 Å². The number of aryl methyl sites for hydroxylation is 3. The molecule has 0 radical (unpaired) electrons. The topological polar surface area (TPSA) is 33.5 Å². The molecule has 1 amide bonds. The van der Waals surface area contributed by atoms with Crippen LogP contribution in [0.15, 0.2) is 34.7 Å². The molecule has 0 bridgehead atoms. The fraction of sp³-hybridized carbons (Fsp3) is 0.312. The van der Waals surface area contributed by atoms with Crippen LogP contribution < -0.4 is 4.90 Å². The van der Waals surface area contributed by atoms with E-state index in [4.69, 9.17) is 4.42 Å². The Labute approximate surface area is 113 Å². The van der Waals surface area contributed by atoms with Crippen LogP contribution in [0.25, 0.3) is 0 Å². The zero-order valence-corrected chi connectivity index (χ0v) is 11.9. The molecule has 0 aliphatic rings. The number of hydrogen-bond donors (Lipinski definition) is 0. The van der Waals surface area contributed by atoms with E-state index in [0.717, 1.165) is 17.0 Å². The predicted octanol–water partition coefficient (Wildman–Crippen LogP) is 3.87. The number of nitrogens with zero attached hydrogens (tertiary/aromatic N) is 1. The molecule has 0 saturated heterocycles. The van der Waals surface area contributed by atoms with Crippen LogP contribution >= 0.6 is 0 Å². The van der Waals surface area contributed by atoms with Crippen molar-refractivity contribution in [2.24, 2.45) is 0 Å². The van der Waals surface area contributed by atoms with Crippen LogP contribution in [-0.2, 0) is 0 Å². The summed E-state index contributed by atoms with van der Waals surface area (Å²) in [6, 6.07) is 9.71. The van der Waals surface area contributed by atoms with Crippen LogP contribution in [0.2, 0.25) is 0 Å². The third-order valence-corrected chi connectivity index (χ3v) is 3.24. The molecule has 3 nitrogen and oxygen atoms in total.